The molecule has 144 valence electrons. The van der Waals surface area contributed by atoms with E-state index in [9.17, 15) is 14.4 Å². The van der Waals surface area contributed by atoms with E-state index in [-0.39, 0.29) is 19.1 Å². The molecule has 8 nitrogen and oxygen atoms in total. The molecule has 8 heteroatoms. The molecule has 0 aromatic heterocycles. The van der Waals surface area contributed by atoms with Gasteiger partial charge in [-0.15, -0.1) is 0 Å². The van der Waals surface area contributed by atoms with Crippen LogP contribution in [0.1, 0.15) is 33.3 Å². The Morgan fingerprint density at radius 3 is 2.27 bits per heavy atom. The number of hydrogen-bond donors (Lipinski definition) is 2. The van der Waals surface area contributed by atoms with Crippen molar-refractivity contribution in [3.05, 3.63) is 35.9 Å². The second-order valence-corrected chi connectivity index (χ2v) is 6.66. The molecule has 26 heavy (non-hydrogen) atoms. The van der Waals surface area contributed by atoms with E-state index in [1.54, 1.807) is 13.8 Å². The van der Waals surface area contributed by atoms with Crippen LogP contribution >= 0.6 is 0 Å². The van der Waals surface area contributed by atoms with Crippen LogP contribution in [-0.2, 0) is 25.6 Å². The predicted octanol–water partition coefficient (Wildman–Crippen LogP) is 2.95. The fourth-order valence-electron chi connectivity index (χ4n) is 1.99. The van der Waals surface area contributed by atoms with E-state index in [0.717, 1.165) is 5.56 Å². The van der Waals surface area contributed by atoms with Gasteiger partial charge in [-0.2, -0.15) is 0 Å². The van der Waals surface area contributed by atoms with Gasteiger partial charge in [-0.25, -0.2) is 14.4 Å². The van der Waals surface area contributed by atoms with E-state index < -0.39 is 29.9 Å². The Kier molecular flexibility index (Phi) is 7.89. The van der Waals surface area contributed by atoms with Crippen LogP contribution in [0.5, 0.6) is 0 Å². The highest BCUT2D eigenvalue weighted by atomic mass is 16.7. The van der Waals surface area contributed by atoms with Gasteiger partial charge in [-0.1, -0.05) is 44.2 Å². The number of alkyl carbamates (subject to hydrolysis) is 1. The molecule has 0 unspecified atom stereocenters. The first kappa shape index (κ1) is 21.3. The van der Waals surface area contributed by atoms with Crippen molar-refractivity contribution in [1.82, 2.24) is 5.32 Å². The summed E-state index contributed by atoms with van der Waals surface area (Å²) in [5.41, 5.74) is -0.379. The number of carbonyl (C=O) groups excluding carboxylic acids is 2. The first-order chi connectivity index (χ1) is 12.1. The largest absolute Gasteiger partial charge is 0.506 e. The number of carbonyl (C=O) groups is 3. The second kappa shape index (κ2) is 9.65. The molecule has 0 aliphatic carbocycles. The zero-order chi connectivity index (χ0) is 19.7. The Balaban J connectivity index is 2.54. The summed E-state index contributed by atoms with van der Waals surface area (Å²) in [4.78, 5) is 34.8. The second-order valence-electron chi connectivity index (χ2n) is 6.66. The number of hydrogen-bond acceptors (Lipinski definition) is 6. The van der Waals surface area contributed by atoms with Gasteiger partial charge in [0.2, 0.25) is 0 Å². The lowest BCUT2D eigenvalue weighted by Crippen LogP contribution is -2.47. The van der Waals surface area contributed by atoms with Crippen LogP contribution in [0, 0.1) is 5.92 Å². The van der Waals surface area contributed by atoms with Crippen LogP contribution in [0.15, 0.2) is 30.3 Å². The molecule has 0 bridgehead atoms. The molecule has 1 atom stereocenters. The van der Waals surface area contributed by atoms with Crippen LogP contribution in [0.4, 0.5) is 9.59 Å². The lowest BCUT2D eigenvalue weighted by molar-refractivity contribution is -0.154. The Morgan fingerprint density at radius 2 is 1.73 bits per heavy atom. The Hall–Kier alpha value is -2.77. The summed E-state index contributed by atoms with van der Waals surface area (Å²) in [6.07, 6.45) is -2.21. The summed E-state index contributed by atoms with van der Waals surface area (Å²) >= 11 is 0. The quantitative estimate of drug-likeness (QED) is 0.537. The summed E-state index contributed by atoms with van der Waals surface area (Å²) in [5, 5.41) is 11.1. The van der Waals surface area contributed by atoms with E-state index in [1.165, 1.54) is 13.8 Å². The van der Waals surface area contributed by atoms with Crippen molar-refractivity contribution in [3.63, 3.8) is 0 Å². The van der Waals surface area contributed by atoms with Crippen molar-refractivity contribution in [2.24, 2.45) is 5.92 Å². The van der Waals surface area contributed by atoms with E-state index in [1.807, 2.05) is 30.3 Å². The summed E-state index contributed by atoms with van der Waals surface area (Å²) in [5.74, 6) is -0.950. The maximum absolute atomic E-state index is 12.2. The highest BCUT2D eigenvalue weighted by Gasteiger charge is 2.30. The third-order valence-corrected chi connectivity index (χ3v) is 3.33. The molecule has 0 aliphatic heterocycles. The molecule has 0 aliphatic rings. The van der Waals surface area contributed by atoms with Crippen LogP contribution in [0.3, 0.4) is 0 Å². The van der Waals surface area contributed by atoms with Gasteiger partial charge < -0.3 is 24.6 Å². The number of ether oxygens (including phenoxy) is 3. The molecule has 1 rings (SSSR count). The Bertz CT molecular complexity index is 613. The average molecular weight is 367 g/mol. The zero-order valence-electron chi connectivity index (χ0n) is 15.4. The van der Waals surface area contributed by atoms with Gasteiger partial charge in [0.25, 0.3) is 0 Å². The highest BCUT2D eigenvalue weighted by molar-refractivity contribution is 5.81. The number of esters is 1. The van der Waals surface area contributed by atoms with Crippen molar-refractivity contribution in [1.29, 1.82) is 0 Å². The SMILES string of the molecule is CC(C)[C@H](NC(=O)OCc1ccccc1)C(=O)OCC(C)(C)OC(=O)O. The molecule has 1 amide bonds. The van der Waals surface area contributed by atoms with E-state index in [2.05, 4.69) is 10.1 Å². The predicted molar refractivity (Wildman–Crippen MR) is 92.5 cm³/mol. The normalized spacial score (nSPS) is 12.2. The minimum Gasteiger partial charge on any atom is -0.460 e. The molecular formula is C18H25NO7. The molecule has 0 spiro atoms. The lowest BCUT2D eigenvalue weighted by atomic mass is 10.0. The molecule has 0 saturated heterocycles. The van der Waals surface area contributed by atoms with Gasteiger partial charge in [-0.3, -0.25) is 0 Å². The van der Waals surface area contributed by atoms with Crippen molar-refractivity contribution in [3.8, 4) is 0 Å². The van der Waals surface area contributed by atoms with Gasteiger partial charge in [0.15, 0.2) is 0 Å². The number of benzene rings is 1. The fraction of sp³-hybridized carbons (Fsp3) is 0.500. The Morgan fingerprint density at radius 1 is 1.12 bits per heavy atom. The van der Waals surface area contributed by atoms with Crippen molar-refractivity contribution < 1.29 is 33.7 Å². The van der Waals surface area contributed by atoms with Gasteiger partial charge >= 0.3 is 18.2 Å². The van der Waals surface area contributed by atoms with Crippen molar-refractivity contribution in [2.45, 2.75) is 45.9 Å². The molecule has 0 radical (unpaired) electrons. The van der Waals surface area contributed by atoms with Gasteiger partial charge in [0.1, 0.15) is 24.9 Å². The van der Waals surface area contributed by atoms with Crippen LogP contribution in [0.25, 0.3) is 0 Å². The number of amides is 1. The molecule has 0 saturated carbocycles. The van der Waals surface area contributed by atoms with Gasteiger partial charge in [-0.05, 0) is 25.3 Å². The first-order valence-corrected chi connectivity index (χ1v) is 8.16. The van der Waals surface area contributed by atoms with Crippen LogP contribution in [-0.4, -0.2) is 41.6 Å². The topological polar surface area (TPSA) is 111 Å². The third-order valence-electron chi connectivity index (χ3n) is 3.33. The zero-order valence-corrected chi connectivity index (χ0v) is 15.4. The van der Waals surface area contributed by atoms with E-state index >= 15 is 0 Å². The smallest absolute Gasteiger partial charge is 0.460 e. The maximum Gasteiger partial charge on any atom is 0.506 e. The first-order valence-electron chi connectivity index (χ1n) is 8.16. The number of rotatable bonds is 8. The van der Waals surface area contributed by atoms with Crippen molar-refractivity contribution >= 4 is 18.2 Å². The number of carboxylic acid groups (broad SMARTS) is 1. The molecular weight excluding hydrogens is 342 g/mol. The Labute approximate surface area is 152 Å². The standard InChI is InChI=1S/C18H25NO7/c1-12(2)14(15(20)25-11-18(3,4)26-17(22)23)19-16(21)24-10-13-8-6-5-7-9-13/h5-9,12,14H,10-11H2,1-4H3,(H,19,21)(H,22,23)/t14-/m0/s1. The van der Waals surface area contributed by atoms with E-state index in [0.29, 0.717) is 0 Å². The monoisotopic (exact) mass is 367 g/mol. The maximum atomic E-state index is 12.2. The highest BCUT2D eigenvalue weighted by Crippen LogP contribution is 2.12. The molecule has 1 aromatic rings. The molecule has 0 fully saturated rings. The summed E-state index contributed by atoms with van der Waals surface area (Å²) in [6.45, 7) is 6.22. The van der Waals surface area contributed by atoms with Crippen LogP contribution in [0.2, 0.25) is 0 Å². The molecule has 2 N–H and O–H groups in total. The fourth-order valence-corrected chi connectivity index (χ4v) is 1.99. The number of nitrogens with one attached hydrogen (secondary N) is 1. The summed E-state index contributed by atoms with van der Waals surface area (Å²) in [6, 6.07) is 8.19. The average Bonchev–Trinajstić information content (AvgIpc) is 2.55. The summed E-state index contributed by atoms with van der Waals surface area (Å²) < 4.78 is 14.8. The third kappa shape index (κ3) is 7.87. The van der Waals surface area contributed by atoms with Crippen LogP contribution < -0.4 is 5.32 Å². The summed E-state index contributed by atoms with van der Waals surface area (Å²) in [7, 11) is 0. The van der Waals surface area contributed by atoms with E-state index in [4.69, 9.17) is 14.6 Å². The van der Waals surface area contributed by atoms with Gasteiger partial charge in [0, 0.05) is 0 Å². The van der Waals surface area contributed by atoms with Crippen molar-refractivity contribution in [2.75, 3.05) is 6.61 Å². The minimum atomic E-state index is -1.46. The lowest BCUT2D eigenvalue weighted by Gasteiger charge is -2.25. The van der Waals surface area contributed by atoms with Gasteiger partial charge in [0.05, 0.1) is 0 Å². The molecule has 1 aromatic carbocycles. The minimum absolute atomic E-state index is 0.0754. The molecule has 0 heterocycles.